The molecule has 1 aliphatic rings. The molecule has 0 bridgehead atoms. The summed E-state index contributed by atoms with van der Waals surface area (Å²) in [6.07, 6.45) is 3.22. The van der Waals surface area contributed by atoms with Gasteiger partial charge >= 0.3 is 0 Å². The third-order valence-electron chi connectivity index (χ3n) is 4.78. The number of ether oxygens (including phenoxy) is 1. The number of aromatic nitrogens is 2. The number of fused-ring (bicyclic) bond motifs is 1. The van der Waals surface area contributed by atoms with E-state index in [9.17, 15) is 9.59 Å². The topological polar surface area (TPSA) is 93.2 Å². The Morgan fingerprint density at radius 1 is 1.21 bits per heavy atom. The quantitative estimate of drug-likeness (QED) is 0.654. The maximum atomic E-state index is 12.6. The van der Waals surface area contributed by atoms with E-state index in [1.807, 2.05) is 18.2 Å². The van der Waals surface area contributed by atoms with E-state index < -0.39 is 0 Å². The number of pyridine rings is 1. The zero-order valence-electron chi connectivity index (χ0n) is 15.8. The third kappa shape index (κ3) is 4.27. The fourth-order valence-electron chi connectivity index (χ4n) is 3.25. The van der Waals surface area contributed by atoms with E-state index in [1.54, 1.807) is 37.6 Å². The molecular weight excluding hydrogens is 388 g/mol. The number of amides is 2. The van der Waals surface area contributed by atoms with Crippen LogP contribution in [0.15, 0.2) is 48.7 Å². The lowest BCUT2D eigenvalue weighted by molar-refractivity contribution is -0.122. The highest BCUT2D eigenvalue weighted by molar-refractivity contribution is 7.16. The highest BCUT2D eigenvalue weighted by atomic mass is 32.1. The van der Waals surface area contributed by atoms with Crippen molar-refractivity contribution in [3.8, 4) is 5.75 Å². The zero-order chi connectivity index (χ0) is 20.2. The summed E-state index contributed by atoms with van der Waals surface area (Å²) in [4.78, 5) is 34.9. The van der Waals surface area contributed by atoms with Gasteiger partial charge in [0.25, 0.3) is 5.91 Å². The molecule has 8 heteroatoms. The molecule has 2 aromatic heterocycles. The molecule has 29 heavy (non-hydrogen) atoms. The summed E-state index contributed by atoms with van der Waals surface area (Å²) in [5.41, 5.74) is 2.09. The van der Waals surface area contributed by atoms with Crippen LogP contribution >= 0.6 is 11.3 Å². The second-order valence-electron chi connectivity index (χ2n) is 6.64. The van der Waals surface area contributed by atoms with Crippen molar-refractivity contribution >= 4 is 28.3 Å². The van der Waals surface area contributed by atoms with Crippen LogP contribution in [0, 0.1) is 0 Å². The minimum atomic E-state index is -0.295. The molecule has 1 atom stereocenters. The lowest BCUT2D eigenvalue weighted by atomic mass is 10.1. The Bertz CT molecular complexity index is 1020. The van der Waals surface area contributed by atoms with Crippen molar-refractivity contribution in [2.75, 3.05) is 12.4 Å². The first-order valence-corrected chi connectivity index (χ1v) is 10.1. The second-order valence-corrected chi connectivity index (χ2v) is 7.72. The Morgan fingerprint density at radius 2 is 2.03 bits per heavy atom. The molecule has 2 amide bonds. The average molecular weight is 408 g/mol. The van der Waals surface area contributed by atoms with Gasteiger partial charge in [-0.15, -0.1) is 11.3 Å². The van der Waals surface area contributed by atoms with Crippen LogP contribution in [-0.4, -0.2) is 28.9 Å². The predicted octanol–water partition coefficient (Wildman–Crippen LogP) is 3.15. The molecule has 0 radical (unpaired) electrons. The van der Waals surface area contributed by atoms with Gasteiger partial charge in [-0.1, -0.05) is 6.07 Å². The molecular formula is C21H20N4O3S. The monoisotopic (exact) mass is 408 g/mol. The van der Waals surface area contributed by atoms with E-state index in [-0.39, 0.29) is 17.7 Å². The van der Waals surface area contributed by atoms with Gasteiger partial charge in [0.1, 0.15) is 5.75 Å². The lowest BCUT2D eigenvalue weighted by Crippen LogP contribution is -2.28. The smallest absolute Gasteiger partial charge is 0.257 e. The Kier molecular flexibility index (Phi) is 5.53. The number of nitrogens with one attached hydrogen (secondary N) is 2. The number of methoxy groups -OCH3 is 1. The number of anilines is 1. The van der Waals surface area contributed by atoms with Crippen molar-refractivity contribution in [2.24, 2.45) is 0 Å². The first-order valence-electron chi connectivity index (χ1n) is 9.26. The van der Waals surface area contributed by atoms with Crippen molar-refractivity contribution in [1.82, 2.24) is 15.3 Å². The van der Waals surface area contributed by atoms with Crippen LogP contribution in [0.3, 0.4) is 0 Å². The lowest BCUT2D eigenvalue weighted by Gasteiger charge is -2.10. The van der Waals surface area contributed by atoms with Crippen LogP contribution in [0.4, 0.5) is 5.13 Å². The molecule has 0 unspecified atom stereocenters. The molecule has 1 aliphatic carbocycles. The SMILES string of the molecule is COc1ccc(C(=O)Nc2nc3c(s2)CC[C@@H]3C(=O)NCc2ccccn2)cc1. The molecule has 0 fully saturated rings. The summed E-state index contributed by atoms with van der Waals surface area (Å²) in [7, 11) is 1.58. The first kappa shape index (κ1) is 19.1. The van der Waals surface area contributed by atoms with Gasteiger partial charge < -0.3 is 10.1 Å². The number of hydrogen-bond donors (Lipinski definition) is 2. The predicted molar refractivity (Wildman–Crippen MR) is 110 cm³/mol. The van der Waals surface area contributed by atoms with Crippen LogP contribution in [0.2, 0.25) is 0 Å². The number of rotatable bonds is 6. The van der Waals surface area contributed by atoms with E-state index in [4.69, 9.17) is 4.74 Å². The van der Waals surface area contributed by atoms with Gasteiger partial charge in [-0.2, -0.15) is 0 Å². The maximum Gasteiger partial charge on any atom is 0.257 e. The minimum Gasteiger partial charge on any atom is -0.497 e. The number of nitrogens with zero attached hydrogens (tertiary/aromatic N) is 2. The third-order valence-corrected chi connectivity index (χ3v) is 5.82. The fourth-order valence-corrected chi connectivity index (χ4v) is 4.28. The number of benzene rings is 1. The summed E-state index contributed by atoms with van der Waals surface area (Å²) in [6, 6.07) is 12.5. The Balaban J connectivity index is 1.40. The molecule has 2 heterocycles. The molecule has 0 spiro atoms. The standard InChI is InChI=1S/C21H20N4O3S/c1-28-15-7-5-13(6-8-15)19(26)25-21-24-18-16(9-10-17(18)29-21)20(27)23-12-14-4-2-3-11-22-14/h2-8,11,16H,9-10,12H2,1H3,(H,23,27)(H,24,25,26)/t16-/m0/s1. The van der Waals surface area contributed by atoms with Gasteiger partial charge in [0, 0.05) is 16.6 Å². The normalized spacial score (nSPS) is 14.9. The van der Waals surface area contributed by atoms with E-state index in [2.05, 4.69) is 20.6 Å². The van der Waals surface area contributed by atoms with Gasteiger partial charge in [0.05, 0.1) is 31.0 Å². The van der Waals surface area contributed by atoms with Crippen molar-refractivity contribution in [2.45, 2.75) is 25.3 Å². The highest BCUT2D eigenvalue weighted by Crippen LogP contribution is 2.38. The molecule has 0 saturated heterocycles. The molecule has 148 valence electrons. The molecule has 0 aliphatic heterocycles. The maximum absolute atomic E-state index is 12.6. The Labute approximate surface area is 172 Å². The van der Waals surface area contributed by atoms with Crippen molar-refractivity contribution in [3.05, 3.63) is 70.5 Å². The Morgan fingerprint density at radius 3 is 2.76 bits per heavy atom. The second kappa shape index (κ2) is 8.40. The molecule has 4 rings (SSSR count). The summed E-state index contributed by atoms with van der Waals surface area (Å²) >= 11 is 1.43. The van der Waals surface area contributed by atoms with Gasteiger partial charge in [-0.3, -0.25) is 19.9 Å². The van der Waals surface area contributed by atoms with Crippen molar-refractivity contribution in [1.29, 1.82) is 0 Å². The van der Waals surface area contributed by atoms with Crippen LogP contribution in [0.25, 0.3) is 0 Å². The molecule has 7 nitrogen and oxygen atoms in total. The molecule has 3 aromatic rings. The van der Waals surface area contributed by atoms with E-state index in [0.29, 0.717) is 23.0 Å². The molecule has 1 aromatic carbocycles. The average Bonchev–Trinajstić information content (AvgIpc) is 3.33. The van der Waals surface area contributed by atoms with Gasteiger partial charge in [-0.25, -0.2) is 4.98 Å². The van der Waals surface area contributed by atoms with E-state index >= 15 is 0 Å². The first-order chi connectivity index (χ1) is 14.1. The summed E-state index contributed by atoms with van der Waals surface area (Å²) in [6.45, 7) is 0.386. The molecule has 0 saturated carbocycles. The number of thiazole rings is 1. The van der Waals surface area contributed by atoms with Crippen LogP contribution in [0.5, 0.6) is 5.75 Å². The van der Waals surface area contributed by atoms with Gasteiger partial charge in [0.15, 0.2) is 5.13 Å². The van der Waals surface area contributed by atoms with Crippen molar-refractivity contribution in [3.63, 3.8) is 0 Å². The summed E-state index contributed by atoms with van der Waals surface area (Å²) < 4.78 is 5.11. The van der Waals surface area contributed by atoms with Crippen molar-refractivity contribution < 1.29 is 14.3 Å². The zero-order valence-corrected chi connectivity index (χ0v) is 16.7. The number of hydrogen-bond acceptors (Lipinski definition) is 6. The van der Waals surface area contributed by atoms with Crippen LogP contribution in [-0.2, 0) is 17.8 Å². The van der Waals surface area contributed by atoms with Gasteiger partial charge in [-0.05, 0) is 49.2 Å². The Hall–Kier alpha value is -3.26. The largest absolute Gasteiger partial charge is 0.497 e. The molecule has 2 N–H and O–H groups in total. The minimum absolute atomic E-state index is 0.0623. The fraction of sp³-hybridized carbons (Fsp3) is 0.238. The van der Waals surface area contributed by atoms with Crippen LogP contribution in [0.1, 0.15) is 39.0 Å². The number of carbonyl (C=O) groups is 2. The van der Waals surface area contributed by atoms with E-state index in [1.165, 1.54) is 11.3 Å². The summed E-state index contributed by atoms with van der Waals surface area (Å²) in [5, 5.41) is 6.27. The van der Waals surface area contributed by atoms with Crippen LogP contribution < -0.4 is 15.4 Å². The number of carbonyl (C=O) groups excluding carboxylic acids is 2. The summed E-state index contributed by atoms with van der Waals surface area (Å²) in [5.74, 6) is 0.0925. The van der Waals surface area contributed by atoms with Gasteiger partial charge in [0.2, 0.25) is 5.91 Å². The highest BCUT2D eigenvalue weighted by Gasteiger charge is 2.32. The van der Waals surface area contributed by atoms with E-state index in [0.717, 1.165) is 29.1 Å². The number of aryl methyl sites for hydroxylation is 1.